The predicted molar refractivity (Wildman–Crippen MR) is 66.7 cm³/mol. The van der Waals surface area contributed by atoms with Gasteiger partial charge in [0.1, 0.15) is 0 Å². The summed E-state index contributed by atoms with van der Waals surface area (Å²) in [4.78, 5) is 0. The second kappa shape index (κ2) is 6.55. The van der Waals surface area contributed by atoms with Gasteiger partial charge in [-0.3, -0.25) is 4.72 Å². The van der Waals surface area contributed by atoms with Gasteiger partial charge in [-0.25, -0.2) is 12.8 Å². The molecule has 1 aromatic rings. The first-order valence-corrected chi connectivity index (χ1v) is 7.17. The molecule has 0 radical (unpaired) electrons. The van der Waals surface area contributed by atoms with Crippen molar-refractivity contribution in [2.45, 2.75) is 13.3 Å². The Morgan fingerprint density at radius 3 is 2.72 bits per heavy atom. The quantitative estimate of drug-likeness (QED) is 0.789. The Balaban J connectivity index is 2.77. The number of rotatable bonds is 7. The maximum atomic E-state index is 13.5. The van der Waals surface area contributed by atoms with Crippen molar-refractivity contribution >= 4 is 15.7 Å². The molecule has 0 aliphatic rings. The third-order valence-corrected chi connectivity index (χ3v) is 3.45. The van der Waals surface area contributed by atoms with Gasteiger partial charge in [-0.15, -0.1) is 0 Å². The number of anilines is 1. The van der Waals surface area contributed by atoms with Crippen LogP contribution in [-0.2, 0) is 10.0 Å². The Kier molecular flexibility index (Phi) is 5.36. The predicted octanol–water partition coefficient (Wildman–Crippen LogP) is 1.35. The van der Waals surface area contributed by atoms with Gasteiger partial charge in [0.2, 0.25) is 10.0 Å². The molecule has 0 heterocycles. The number of ether oxygens (including phenoxy) is 1. The summed E-state index contributed by atoms with van der Waals surface area (Å²) in [5.41, 5.74) is 0.133. The molecule has 0 aromatic heterocycles. The van der Waals surface area contributed by atoms with Crippen molar-refractivity contribution in [2.75, 3.05) is 23.7 Å². The molecule has 0 atom stereocenters. The van der Waals surface area contributed by atoms with Crippen molar-refractivity contribution in [3.63, 3.8) is 0 Å². The van der Waals surface area contributed by atoms with E-state index in [1.807, 2.05) is 0 Å². The zero-order valence-electron chi connectivity index (χ0n) is 10.0. The lowest BCUT2D eigenvalue weighted by Crippen LogP contribution is -2.17. The van der Waals surface area contributed by atoms with Crippen LogP contribution < -0.4 is 9.46 Å². The van der Waals surface area contributed by atoms with Crippen LogP contribution in [0.25, 0.3) is 0 Å². The number of benzene rings is 1. The van der Waals surface area contributed by atoms with Gasteiger partial charge in [0, 0.05) is 12.7 Å². The van der Waals surface area contributed by atoms with Crippen LogP contribution >= 0.6 is 0 Å². The summed E-state index contributed by atoms with van der Waals surface area (Å²) in [6, 6.07) is 3.84. The molecule has 18 heavy (non-hydrogen) atoms. The highest BCUT2D eigenvalue weighted by Crippen LogP contribution is 2.21. The van der Waals surface area contributed by atoms with E-state index < -0.39 is 15.8 Å². The van der Waals surface area contributed by atoms with Crippen LogP contribution in [0.3, 0.4) is 0 Å². The molecule has 1 rings (SSSR count). The van der Waals surface area contributed by atoms with Crippen LogP contribution in [0.2, 0.25) is 0 Å². The summed E-state index contributed by atoms with van der Waals surface area (Å²) in [6.07, 6.45) is 0.134. The average Bonchev–Trinajstić information content (AvgIpc) is 2.30. The third-order valence-electron chi connectivity index (χ3n) is 2.08. The van der Waals surface area contributed by atoms with E-state index in [1.165, 1.54) is 12.1 Å². The molecule has 0 bridgehead atoms. The molecule has 1 aromatic carbocycles. The Hall–Kier alpha value is -1.34. The standard InChI is InChI=1S/C11H16FNO4S/c1-2-17-11-5-4-9(8-10(11)12)13-18(15,16)7-3-6-14/h4-5,8,13-14H,2-3,6-7H2,1H3. The van der Waals surface area contributed by atoms with E-state index in [0.29, 0.717) is 6.61 Å². The molecule has 5 nitrogen and oxygen atoms in total. The summed E-state index contributed by atoms with van der Waals surface area (Å²) in [5, 5.41) is 8.57. The summed E-state index contributed by atoms with van der Waals surface area (Å²) in [6.45, 7) is 1.85. The van der Waals surface area contributed by atoms with Gasteiger partial charge < -0.3 is 9.84 Å². The van der Waals surface area contributed by atoms with Crippen molar-refractivity contribution in [1.29, 1.82) is 0 Å². The maximum absolute atomic E-state index is 13.5. The first-order chi connectivity index (χ1) is 8.48. The van der Waals surface area contributed by atoms with Gasteiger partial charge in [-0.2, -0.15) is 0 Å². The molecule has 0 saturated carbocycles. The summed E-state index contributed by atoms with van der Waals surface area (Å²) in [5.74, 6) is -0.756. The zero-order valence-corrected chi connectivity index (χ0v) is 10.8. The molecule has 2 N–H and O–H groups in total. The second-order valence-electron chi connectivity index (χ2n) is 3.58. The highest BCUT2D eigenvalue weighted by atomic mass is 32.2. The lowest BCUT2D eigenvalue weighted by molar-refractivity contribution is 0.295. The van der Waals surface area contributed by atoms with E-state index in [0.717, 1.165) is 6.07 Å². The molecule has 0 saturated heterocycles. The third kappa shape index (κ3) is 4.50. The van der Waals surface area contributed by atoms with Crippen molar-refractivity contribution in [3.05, 3.63) is 24.0 Å². The van der Waals surface area contributed by atoms with Crippen molar-refractivity contribution < 1.29 is 22.7 Å². The number of nitrogens with one attached hydrogen (secondary N) is 1. The van der Waals surface area contributed by atoms with Crippen LogP contribution in [0.4, 0.5) is 10.1 Å². The minimum absolute atomic E-state index is 0.0795. The van der Waals surface area contributed by atoms with E-state index in [-0.39, 0.29) is 30.2 Å². The molecule has 0 spiro atoms. The Bertz CT molecular complexity index is 490. The SMILES string of the molecule is CCOc1ccc(NS(=O)(=O)CCCO)cc1F. The minimum Gasteiger partial charge on any atom is -0.491 e. The number of halogens is 1. The largest absolute Gasteiger partial charge is 0.491 e. The number of hydrogen-bond donors (Lipinski definition) is 2. The van der Waals surface area contributed by atoms with Crippen molar-refractivity contribution in [2.24, 2.45) is 0 Å². The van der Waals surface area contributed by atoms with E-state index >= 15 is 0 Å². The highest BCUT2D eigenvalue weighted by Gasteiger charge is 2.11. The zero-order chi connectivity index (χ0) is 13.6. The molecule has 102 valence electrons. The van der Waals surface area contributed by atoms with Gasteiger partial charge in [0.25, 0.3) is 0 Å². The summed E-state index contributed by atoms with van der Waals surface area (Å²) < 4.78 is 43.7. The number of aliphatic hydroxyl groups excluding tert-OH is 1. The normalized spacial score (nSPS) is 11.3. The Morgan fingerprint density at radius 2 is 2.17 bits per heavy atom. The van der Waals surface area contributed by atoms with Crippen LogP contribution in [0.1, 0.15) is 13.3 Å². The molecule has 0 aliphatic carbocycles. The average molecular weight is 277 g/mol. The van der Waals surface area contributed by atoms with Crippen LogP contribution in [0, 0.1) is 5.82 Å². The van der Waals surface area contributed by atoms with E-state index in [1.54, 1.807) is 6.92 Å². The highest BCUT2D eigenvalue weighted by molar-refractivity contribution is 7.92. The van der Waals surface area contributed by atoms with E-state index in [2.05, 4.69) is 4.72 Å². The Labute approximate surface area is 106 Å². The number of sulfonamides is 1. The van der Waals surface area contributed by atoms with Gasteiger partial charge in [-0.1, -0.05) is 0 Å². The van der Waals surface area contributed by atoms with Gasteiger partial charge >= 0.3 is 0 Å². The van der Waals surface area contributed by atoms with Crippen molar-refractivity contribution in [1.82, 2.24) is 0 Å². The van der Waals surface area contributed by atoms with E-state index in [9.17, 15) is 12.8 Å². The molecule has 7 heteroatoms. The van der Waals surface area contributed by atoms with E-state index in [4.69, 9.17) is 9.84 Å². The smallest absolute Gasteiger partial charge is 0.232 e. The molecular formula is C11H16FNO4S. The van der Waals surface area contributed by atoms with Gasteiger partial charge in [-0.05, 0) is 25.5 Å². The fourth-order valence-corrected chi connectivity index (χ4v) is 2.42. The summed E-state index contributed by atoms with van der Waals surface area (Å²) in [7, 11) is -3.56. The molecule has 0 fully saturated rings. The van der Waals surface area contributed by atoms with Crippen LogP contribution in [-0.4, -0.2) is 32.5 Å². The second-order valence-corrected chi connectivity index (χ2v) is 5.42. The molecule has 0 unspecified atom stereocenters. The lowest BCUT2D eigenvalue weighted by atomic mass is 10.3. The summed E-state index contributed by atoms with van der Waals surface area (Å²) >= 11 is 0. The van der Waals surface area contributed by atoms with Gasteiger partial charge in [0.05, 0.1) is 18.0 Å². The molecule has 0 aliphatic heterocycles. The first kappa shape index (κ1) is 14.7. The molecule has 0 amide bonds. The van der Waals surface area contributed by atoms with Crippen LogP contribution in [0.5, 0.6) is 5.75 Å². The van der Waals surface area contributed by atoms with Crippen LogP contribution in [0.15, 0.2) is 18.2 Å². The topological polar surface area (TPSA) is 75.6 Å². The van der Waals surface area contributed by atoms with Gasteiger partial charge in [0.15, 0.2) is 11.6 Å². The number of aliphatic hydroxyl groups is 1. The molecular weight excluding hydrogens is 261 g/mol. The lowest BCUT2D eigenvalue weighted by Gasteiger charge is -2.09. The fraction of sp³-hybridized carbons (Fsp3) is 0.455. The minimum atomic E-state index is -3.56. The maximum Gasteiger partial charge on any atom is 0.232 e. The Morgan fingerprint density at radius 1 is 1.44 bits per heavy atom. The monoisotopic (exact) mass is 277 g/mol. The number of hydrogen-bond acceptors (Lipinski definition) is 4. The van der Waals surface area contributed by atoms with Crippen molar-refractivity contribution in [3.8, 4) is 5.75 Å². The first-order valence-electron chi connectivity index (χ1n) is 5.52. The fourth-order valence-electron chi connectivity index (χ4n) is 1.32.